The molecule has 1 aliphatic carbocycles. The number of aromatic nitrogens is 1. The number of piperidine rings is 1. The van der Waals surface area contributed by atoms with Crippen LogP contribution in [0, 0.1) is 23.5 Å². The molecule has 3 aliphatic rings. The molecule has 2 aromatic rings. The number of nitrogens with one attached hydrogen (secondary N) is 1. The molecule has 3 fully saturated rings. The minimum absolute atomic E-state index is 0.0377. The third-order valence-corrected chi connectivity index (χ3v) is 7.00. The van der Waals surface area contributed by atoms with Crippen molar-refractivity contribution < 1.29 is 36.3 Å². The Morgan fingerprint density at radius 3 is 2.54 bits per heavy atom. The fourth-order valence-electron chi connectivity index (χ4n) is 4.75. The molecular weight excluding hydrogens is 497 g/mol. The van der Waals surface area contributed by atoms with Crippen LogP contribution in [0.1, 0.15) is 40.6 Å². The van der Waals surface area contributed by atoms with Crippen molar-refractivity contribution in [3.8, 4) is 0 Å². The molecule has 0 radical (unpaired) electrons. The topological polar surface area (TPSA) is 71.5 Å². The predicted octanol–water partition coefficient (Wildman–Crippen LogP) is 4.14. The lowest BCUT2D eigenvalue weighted by Gasteiger charge is -2.36. The molecule has 5 rings (SSSR count). The number of fused-ring (bicyclic) bond motifs is 1. The number of hydrogen-bond acceptors (Lipinski definition) is 4. The number of carbonyl (C=O) groups is 2. The van der Waals surface area contributed by atoms with Crippen molar-refractivity contribution in [2.75, 3.05) is 13.2 Å². The molecule has 0 spiro atoms. The van der Waals surface area contributed by atoms with E-state index < -0.39 is 58.1 Å². The van der Waals surface area contributed by atoms with Crippen molar-refractivity contribution >= 4 is 23.4 Å². The Balaban J connectivity index is 1.39. The Kier molecular flexibility index (Phi) is 5.95. The third kappa shape index (κ3) is 4.47. The van der Waals surface area contributed by atoms with Crippen LogP contribution in [0.5, 0.6) is 0 Å². The smallest absolute Gasteiger partial charge is 0.381 e. The van der Waals surface area contributed by atoms with Crippen LogP contribution >= 0.6 is 11.6 Å². The van der Waals surface area contributed by atoms with Gasteiger partial charge in [-0.1, -0.05) is 17.7 Å². The largest absolute Gasteiger partial charge is 0.433 e. The minimum atomic E-state index is -4.73. The summed E-state index contributed by atoms with van der Waals surface area (Å²) < 4.78 is 73.1. The van der Waals surface area contributed by atoms with Crippen molar-refractivity contribution in [1.82, 2.24) is 15.2 Å². The standard InChI is InChI=1S/C23H19ClF5N3O3/c24-13-7-14(25)12(6-15(13)26)20(11-8-35-9-11)31-21(33)18-5-10-4-17(10)32(18)22(34)16-2-1-3-19(30-16)23(27,28)29/h1-3,6-7,10-11,17-18,20H,4-5,8-9H2,(H,31,33)/t10-,17-,18-,20?/m1/s1. The Labute approximate surface area is 201 Å². The van der Waals surface area contributed by atoms with Crippen molar-refractivity contribution in [1.29, 1.82) is 0 Å². The van der Waals surface area contributed by atoms with Crippen LogP contribution in [0.3, 0.4) is 0 Å². The van der Waals surface area contributed by atoms with E-state index >= 15 is 0 Å². The molecule has 2 aliphatic heterocycles. The maximum Gasteiger partial charge on any atom is 0.433 e. The van der Waals surface area contributed by atoms with Gasteiger partial charge in [0.15, 0.2) is 0 Å². The summed E-state index contributed by atoms with van der Waals surface area (Å²) in [5, 5.41) is 2.31. The van der Waals surface area contributed by atoms with E-state index in [1.807, 2.05) is 0 Å². The molecule has 1 unspecified atom stereocenters. The maximum absolute atomic E-state index is 14.7. The van der Waals surface area contributed by atoms with Gasteiger partial charge in [-0.15, -0.1) is 0 Å². The zero-order valence-corrected chi connectivity index (χ0v) is 18.7. The number of nitrogens with zero attached hydrogens (tertiary/aromatic N) is 2. The zero-order chi connectivity index (χ0) is 25.1. The number of halogens is 6. The summed E-state index contributed by atoms with van der Waals surface area (Å²) in [6.07, 6.45) is -3.78. The lowest BCUT2D eigenvalue weighted by atomic mass is 9.90. The first-order valence-electron chi connectivity index (χ1n) is 10.9. The van der Waals surface area contributed by atoms with E-state index in [0.29, 0.717) is 12.8 Å². The molecule has 1 saturated carbocycles. The van der Waals surface area contributed by atoms with Crippen LogP contribution in [0.4, 0.5) is 22.0 Å². The van der Waals surface area contributed by atoms with Gasteiger partial charge in [0.25, 0.3) is 5.91 Å². The van der Waals surface area contributed by atoms with Gasteiger partial charge in [0.1, 0.15) is 29.1 Å². The third-order valence-electron chi connectivity index (χ3n) is 6.71. The van der Waals surface area contributed by atoms with E-state index in [1.54, 1.807) is 0 Å². The summed E-state index contributed by atoms with van der Waals surface area (Å²) in [6, 6.07) is 2.55. The Hall–Kier alpha value is -2.79. The molecule has 3 heterocycles. The number of amides is 2. The average Bonchev–Trinajstić information content (AvgIpc) is 3.43. The monoisotopic (exact) mass is 515 g/mol. The molecule has 1 aromatic heterocycles. The second kappa shape index (κ2) is 8.70. The normalized spacial score (nSPS) is 24.5. The molecule has 0 bridgehead atoms. The van der Waals surface area contributed by atoms with E-state index in [-0.39, 0.29) is 36.7 Å². The predicted molar refractivity (Wildman–Crippen MR) is 112 cm³/mol. The Morgan fingerprint density at radius 1 is 1.14 bits per heavy atom. The van der Waals surface area contributed by atoms with Crippen LogP contribution < -0.4 is 5.32 Å². The number of carbonyl (C=O) groups excluding carboxylic acids is 2. The number of rotatable bonds is 5. The molecule has 4 atom stereocenters. The number of pyridine rings is 1. The highest BCUT2D eigenvalue weighted by atomic mass is 35.5. The van der Waals surface area contributed by atoms with Crippen molar-refractivity contribution in [2.45, 2.75) is 37.1 Å². The van der Waals surface area contributed by atoms with Gasteiger partial charge in [-0.3, -0.25) is 9.59 Å². The van der Waals surface area contributed by atoms with Gasteiger partial charge in [0.2, 0.25) is 5.91 Å². The Morgan fingerprint density at radius 2 is 1.89 bits per heavy atom. The van der Waals surface area contributed by atoms with Crippen LogP contribution in [0.25, 0.3) is 0 Å². The SMILES string of the molecule is O=C(NC(c1cc(F)c(Cl)cc1F)C1COC1)[C@H]1C[C@H]2C[C@H]2N1C(=O)c1cccc(C(F)(F)F)n1. The summed E-state index contributed by atoms with van der Waals surface area (Å²) in [4.78, 5) is 31.1. The number of hydrogen-bond donors (Lipinski definition) is 1. The van der Waals surface area contributed by atoms with Gasteiger partial charge in [0, 0.05) is 17.5 Å². The molecule has 12 heteroatoms. The van der Waals surface area contributed by atoms with Gasteiger partial charge >= 0.3 is 6.18 Å². The molecule has 6 nitrogen and oxygen atoms in total. The van der Waals surface area contributed by atoms with Crippen LogP contribution in [-0.4, -0.2) is 47.0 Å². The van der Waals surface area contributed by atoms with Crippen molar-refractivity contribution in [2.24, 2.45) is 11.8 Å². The van der Waals surface area contributed by atoms with Gasteiger partial charge in [-0.25, -0.2) is 13.8 Å². The molecular formula is C23H19ClF5N3O3. The van der Waals surface area contributed by atoms with E-state index in [1.165, 1.54) is 11.0 Å². The number of alkyl halides is 3. The zero-order valence-electron chi connectivity index (χ0n) is 18.0. The lowest BCUT2D eigenvalue weighted by Crippen LogP contribution is -2.51. The first-order valence-corrected chi connectivity index (χ1v) is 11.3. The van der Waals surface area contributed by atoms with E-state index in [4.69, 9.17) is 16.3 Å². The van der Waals surface area contributed by atoms with E-state index in [2.05, 4.69) is 10.3 Å². The summed E-state index contributed by atoms with van der Waals surface area (Å²) in [5.74, 6) is -3.34. The van der Waals surface area contributed by atoms with Crippen molar-refractivity contribution in [3.05, 3.63) is 63.9 Å². The van der Waals surface area contributed by atoms with Gasteiger partial charge < -0.3 is 15.0 Å². The molecule has 1 aromatic carbocycles. The lowest BCUT2D eigenvalue weighted by molar-refractivity contribution is -0.141. The fraction of sp³-hybridized carbons (Fsp3) is 0.435. The summed E-state index contributed by atoms with van der Waals surface area (Å²) in [6.45, 7) is 0.419. The van der Waals surface area contributed by atoms with Crippen molar-refractivity contribution in [3.63, 3.8) is 0 Å². The van der Waals surface area contributed by atoms with Crippen LogP contribution in [0.2, 0.25) is 5.02 Å². The number of benzene rings is 1. The first kappa shape index (κ1) is 23.9. The first-order chi connectivity index (χ1) is 16.5. The second-order valence-corrected chi connectivity index (χ2v) is 9.41. The van der Waals surface area contributed by atoms with Gasteiger partial charge in [-0.2, -0.15) is 13.2 Å². The average molecular weight is 516 g/mol. The van der Waals surface area contributed by atoms with Crippen LogP contribution in [-0.2, 0) is 15.7 Å². The maximum atomic E-state index is 14.7. The minimum Gasteiger partial charge on any atom is -0.381 e. The molecule has 2 saturated heterocycles. The van der Waals surface area contributed by atoms with Gasteiger partial charge in [0.05, 0.1) is 24.3 Å². The fourth-order valence-corrected chi connectivity index (χ4v) is 4.90. The Bertz CT molecular complexity index is 1190. The second-order valence-electron chi connectivity index (χ2n) is 9.00. The van der Waals surface area contributed by atoms with E-state index in [9.17, 15) is 31.5 Å². The van der Waals surface area contributed by atoms with Gasteiger partial charge in [-0.05, 0) is 43.0 Å². The highest BCUT2D eigenvalue weighted by Crippen LogP contribution is 2.48. The highest BCUT2D eigenvalue weighted by Gasteiger charge is 2.56. The van der Waals surface area contributed by atoms with E-state index in [0.717, 1.165) is 24.3 Å². The molecule has 2 amide bonds. The highest BCUT2D eigenvalue weighted by molar-refractivity contribution is 6.30. The quantitative estimate of drug-likeness (QED) is 0.480. The summed E-state index contributed by atoms with van der Waals surface area (Å²) in [5.41, 5.74) is -1.73. The number of ether oxygens (including phenoxy) is 1. The summed E-state index contributed by atoms with van der Waals surface area (Å²) in [7, 11) is 0. The van der Waals surface area contributed by atoms with Crippen LogP contribution in [0.15, 0.2) is 30.3 Å². The summed E-state index contributed by atoms with van der Waals surface area (Å²) >= 11 is 5.65. The molecule has 35 heavy (non-hydrogen) atoms. The molecule has 1 N–H and O–H groups in total. The molecule has 186 valence electrons. The number of likely N-dealkylation sites (tertiary alicyclic amines) is 1.